The molecule has 3 heterocycles. The summed E-state index contributed by atoms with van der Waals surface area (Å²) in [7, 11) is 2.13. The van der Waals surface area contributed by atoms with Crippen molar-refractivity contribution in [2.75, 3.05) is 72.5 Å². The van der Waals surface area contributed by atoms with E-state index in [1.165, 1.54) is 0 Å². The third-order valence-electron chi connectivity index (χ3n) is 4.79. The molecule has 1 atom stereocenters. The molecule has 3 rings (SSSR count). The Bertz CT molecular complexity index is 408. The van der Waals surface area contributed by atoms with Gasteiger partial charge >= 0.3 is 11.8 Å². The van der Waals surface area contributed by atoms with Crippen LogP contribution in [-0.2, 0) is 9.59 Å². The van der Waals surface area contributed by atoms with Crippen LogP contribution >= 0.6 is 0 Å². The van der Waals surface area contributed by atoms with E-state index in [2.05, 4.69) is 22.2 Å². The fourth-order valence-electron chi connectivity index (χ4n) is 3.31. The number of hydrogen-bond donors (Lipinski definition) is 1. The molecule has 0 aromatic rings. The van der Waals surface area contributed by atoms with Crippen LogP contribution < -0.4 is 5.32 Å². The fraction of sp³-hybridized carbons (Fsp3) is 0.857. The Morgan fingerprint density at radius 2 is 1.81 bits per heavy atom. The molecule has 0 radical (unpaired) electrons. The number of fused-ring (bicyclic) bond motifs is 1. The van der Waals surface area contributed by atoms with Gasteiger partial charge < -0.3 is 20.0 Å². The lowest BCUT2D eigenvalue weighted by molar-refractivity contribution is -0.159. The maximum Gasteiger partial charge on any atom is 0.312 e. The van der Waals surface area contributed by atoms with Crippen LogP contribution in [0.5, 0.6) is 0 Å². The molecule has 3 aliphatic heterocycles. The van der Waals surface area contributed by atoms with E-state index in [9.17, 15) is 9.59 Å². The summed E-state index contributed by atoms with van der Waals surface area (Å²) in [6, 6.07) is 0.149. The lowest BCUT2D eigenvalue weighted by Crippen LogP contribution is -2.66. The van der Waals surface area contributed by atoms with Gasteiger partial charge in [-0.15, -0.1) is 0 Å². The van der Waals surface area contributed by atoms with Crippen molar-refractivity contribution in [1.82, 2.24) is 24.9 Å². The van der Waals surface area contributed by atoms with E-state index in [0.29, 0.717) is 19.6 Å². The average molecular weight is 295 g/mol. The second-order valence-corrected chi connectivity index (χ2v) is 6.25. The van der Waals surface area contributed by atoms with E-state index in [1.54, 1.807) is 9.80 Å². The van der Waals surface area contributed by atoms with Crippen LogP contribution in [0.15, 0.2) is 0 Å². The van der Waals surface area contributed by atoms with Crippen molar-refractivity contribution in [3.05, 3.63) is 0 Å². The van der Waals surface area contributed by atoms with Gasteiger partial charge in [-0.3, -0.25) is 14.5 Å². The molecule has 0 spiro atoms. The van der Waals surface area contributed by atoms with Crippen molar-refractivity contribution in [3.8, 4) is 0 Å². The zero-order chi connectivity index (χ0) is 14.8. The third kappa shape index (κ3) is 3.20. The quantitative estimate of drug-likeness (QED) is 0.603. The number of nitrogens with zero attached hydrogens (tertiary/aromatic N) is 4. The van der Waals surface area contributed by atoms with Crippen molar-refractivity contribution in [3.63, 3.8) is 0 Å². The van der Waals surface area contributed by atoms with Gasteiger partial charge in [-0.1, -0.05) is 0 Å². The minimum Gasteiger partial charge on any atom is -0.331 e. The monoisotopic (exact) mass is 295 g/mol. The van der Waals surface area contributed by atoms with Gasteiger partial charge in [0.05, 0.1) is 6.04 Å². The number of likely N-dealkylation sites (N-methyl/N-ethyl adjacent to an activating group) is 1. The Labute approximate surface area is 125 Å². The van der Waals surface area contributed by atoms with Gasteiger partial charge in [-0.25, -0.2) is 0 Å². The molecule has 0 aromatic carbocycles. The molecule has 7 nitrogen and oxygen atoms in total. The lowest BCUT2D eigenvalue weighted by atomic mass is 10.1. The molecule has 2 amide bonds. The van der Waals surface area contributed by atoms with Crippen molar-refractivity contribution >= 4 is 11.8 Å². The summed E-state index contributed by atoms with van der Waals surface area (Å²) < 4.78 is 0. The largest absolute Gasteiger partial charge is 0.331 e. The topological polar surface area (TPSA) is 59.1 Å². The van der Waals surface area contributed by atoms with Crippen LogP contribution in [0.2, 0.25) is 0 Å². The maximum absolute atomic E-state index is 12.2. The summed E-state index contributed by atoms with van der Waals surface area (Å²) in [5.41, 5.74) is 0. The van der Waals surface area contributed by atoms with Crippen LogP contribution in [0.1, 0.15) is 0 Å². The molecule has 1 unspecified atom stereocenters. The molecule has 0 aromatic heterocycles. The van der Waals surface area contributed by atoms with Crippen LogP contribution in [0.4, 0.5) is 0 Å². The molecule has 21 heavy (non-hydrogen) atoms. The molecule has 1 N–H and O–H groups in total. The van der Waals surface area contributed by atoms with Gasteiger partial charge in [0.25, 0.3) is 0 Å². The number of carbonyl (C=O) groups is 2. The first-order chi connectivity index (χ1) is 10.1. The van der Waals surface area contributed by atoms with Crippen LogP contribution in [0.3, 0.4) is 0 Å². The number of nitrogens with one attached hydrogen (secondary N) is 1. The number of carbonyl (C=O) groups excluding carboxylic acids is 2. The Morgan fingerprint density at radius 1 is 1.05 bits per heavy atom. The maximum atomic E-state index is 12.2. The predicted molar refractivity (Wildman–Crippen MR) is 78.9 cm³/mol. The predicted octanol–water partition coefficient (Wildman–Crippen LogP) is -2.12. The van der Waals surface area contributed by atoms with E-state index < -0.39 is 0 Å². The first-order valence-electron chi connectivity index (χ1n) is 7.86. The highest BCUT2D eigenvalue weighted by atomic mass is 16.2. The van der Waals surface area contributed by atoms with Crippen molar-refractivity contribution < 1.29 is 9.59 Å². The summed E-state index contributed by atoms with van der Waals surface area (Å²) in [6.07, 6.45) is 0. The van der Waals surface area contributed by atoms with Crippen molar-refractivity contribution in [2.24, 2.45) is 0 Å². The Morgan fingerprint density at radius 3 is 2.57 bits per heavy atom. The summed E-state index contributed by atoms with van der Waals surface area (Å²) in [6.45, 7) is 8.69. The number of amides is 2. The molecule has 3 fully saturated rings. The standard InChI is InChI=1S/C14H25N5O2/c1-16-4-6-17(7-5-16)8-9-18-11-12-10-15-2-3-19(12)14(21)13(18)20/h12,15H,2-11H2,1H3. The van der Waals surface area contributed by atoms with Gasteiger partial charge in [0.1, 0.15) is 0 Å². The van der Waals surface area contributed by atoms with Gasteiger partial charge in [0.15, 0.2) is 0 Å². The number of hydrogen-bond acceptors (Lipinski definition) is 5. The van der Waals surface area contributed by atoms with Crippen molar-refractivity contribution in [2.45, 2.75) is 6.04 Å². The minimum absolute atomic E-state index is 0.149. The zero-order valence-electron chi connectivity index (χ0n) is 12.8. The normalized spacial score (nSPS) is 28.9. The highest BCUT2D eigenvalue weighted by molar-refractivity contribution is 6.35. The number of piperazine rings is 3. The van der Waals surface area contributed by atoms with Gasteiger partial charge in [-0.2, -0.15) is 0 Å². The molecule has 0 saturated carbocycles. The fourth-order valence-corrected chi connectivity index (χ4v) is 3.31. The first kappa shape index (κ1) is 14.7. The second-order valence-electron chi connectivity index (χ2n) is 6.25. The highest BCUT2D eigenvalue weighted by Gasteiger charge is 2.39. The molecule has 7 heteroatoms. The third-order valence-corrected chi connectivity index (χ3v) is 4.79. The van der Waals surface area contributed by atoms with Crippen LogP contribution in [0.25, 0.3) is 0 Å². The average Bonchev–Trinajstić information content (AvgIpc) is 2.51. The van der Waals surface area contributed by atoms with Gasteiger partial charge in [-0.05, 0) is 7.05 Å². The molecule has 118 valence electrons. The summed E-state index contributed by atoms with van der Waals surface area (Å²) >= 11 is 0. The highest BCUT2D eigenvalue weighted by Crippen LogP contribution is 2.14. The Hall–Kier alpha value is -1.18. The molecular formula is C14H25N5O2. The van der Waals surface area contributed by atoms with E-state index in [4.69, 9.17) is 0 Å². The summed E-state index contributed by atoms with van der Waals surface area (Å²) in [5.74, 6) is -0.631. The molecule has 0 bridgehead atoms. The SMILES string of the molecule is CN1CCN(CCN2CC3CNCCN3C(=O)C2=O)CC1. The molecular weight excluding hydrogens is 270 g/mol. The smallest absolute Gasteiger partial charge is 0.312 e. The molecule has 0 aliphatic carbocycles. The van der Waals surface area contributed by atoms with Gasteiger partial charge in [0.2, 0.25) is 0 Å². The lowest BCUT2D eigenvalue weighted by Gasteiger charge is -2.43. The molecule has 3 saturated heterocycles. The number of rotatable bonds is 3. The Kier molecular flexibility index (Phi) is 4.42. The Balaban J connectivity index is 1.53. The van der Waals surface area contributed by atoms with E-state index in [1.807, 2.05) is 0 Å². The zero-order valence-corrected chi connectivity index (χ0v) is 12.8. The minimum atomic E-state index is -0.317. The summed E-state index contributed by atoms with van der Waals surface area (Å²) in [5, 5.41) is 3.30. The van der Waals surface area contributed by atoms with E-state index >= 15 is 0 Å². The van der Waals surface area contributed by atoms with E-state index in [-0.39, 0.29) is 17.9 Å². The van der Waals surface area contributed by atoms with Crippen LogP contribution in [0, 0.1) is 0 Å². The molecule has 3 aliphatic rings. The van der Waals surface area contributed by atoms with Gasteiger partial charge in [0, 0.05) is 65.4 Å². The first-order valence-corrected chi connectivity index (χ1v) is 7.86. The van der Waals surface area contributed by atoms with Crippen LogP contribution in [-0.4, -0.2) is 110 Å². The second kappa shape index (κ2) is 6.29. The van der Waals surface area contributed by atoms with Crippen molar-refractivity contribution in [1.29, 1.82) is 0 Å². The summed E-state index contributed by atoms with van der Waals surface area (Å²) in [4.78, 5) is 32.5. The van der Waals surface area contributed by atoms with E-state index in [0.717, 1.165) is 45.8 Å².